The van der Waals surface area contributed by atoms with Crippen molar-refractivity contribution in [2.45, 2.75) is 116 Å². The molecule has 0 bridgehead atoms. The Morgan fingerprint density at radius 1 is 0.660 bits per heavy atom. The molecule has 0 spiro atoms. The van der Waals surface area contributed by atoms with Gasteiger partial charge in [0.1, 0.15) is 12.7 Å². The first-order valence-corrected chi connectivity index (χ1v) is 18.5. The first kappa shape index (κ1) is 44.4. The van der Waals surface area contributed by atoms with E-state index in [-0.39, 0.29) is 19.4 Å². The SMILES string of the molecule is CC/C=C/C=C/C=C/C=C/C=C/CCCC(=O)OC(COC(=O)CCCCCCC/C=C/CCCC)COP(=O)(O)OC[C@@H](O)CO. The number of esters is 2. The molecule has 0 fully saturated rings. The van der Waals surface area contributed by atoms with Crippen molar-refractivity contribution in [3.63, 3.8) is 0 Å². The standard InChI is InChI=1S/C36H59O10P/c1-3-5-7-9-11-13-15-16-18-20-22-24-26-28-36(40)46-34(32-45-47(41,42)44-30-33(38)29-37)31-43-35(39)27-25-23-21-19-17-14-12-10-8-6-4-2/h5,7,9-13,15-16,18,20,22,33-34,37-38H,3-4,6,8,14,17,19,21,23-32H2,1-2H3,(H,41,42)/b7-5+,11-9+,12-10+,15-13+,18-16+,22-20+/t33-,34?/m0/s1. The second-order valence-corrected chi connectivity index (χ2v) is 12.4. The van der Waals surface area contributed by atoms with Gasteiger partial charge in [0, 0.05) is 12.8 Å². The number of aliphatic hydroxyl groups is 2. The minimum absolute atomic E-state index is 0.0823. The number of unbranched alkanes of at least 4 members (excludes halogenated alkanes) is 8. The predicted octanol–water partition coefficient (Wildman–Crippen LogP) is 7.77. The fourth-order valence-corrected chi connectivity index (χ4v) is 4.61. The minimum atomic E-state index is -4.63. The van der Waals surface area contributed by atoms with E-state index in [0.29, 0.717) is 19.3 Å². The number of aliphatic hydroxyl groups excluding tert-OH is 2. The van der Waals surface area contributed by atoms with Crippen molar-refractivity contribution in [2.24, 2.45) is 0 Å². The third kappa shape index (κ3) is 31.8. The summed E-state index contributed by atoms with van der Waals surface area (Å²) in [5, 5.41) is 18.2. The summed E-state index contributed by atoms with van der Waals surface area (Å²) in [5.41, 5.74) is 0. The smallest absolute Gasteiger partial charge is 0.462 e. The number of rotatable bonds is 30. The molecule has 0 aromatic heterocycles. The van der Waals surface area contributed by atoms with Gasteiger partial charge in [0.2, 0.25) is 0 Å². The van der Waals surface area contributed by atoms with E-state index in [1.54, 1.807) is 0 Å². The molecule has 0 saturated heterocycles. The van der Waals surface area contributed by atoms with Crippen LogP contribution in [-0.4, -0.2) is 65.7 Å². The summed E-state index contributed by atoms with van der Waals surface area (Å²) in [6.45, 7) is 2.04. The Hall–Kier alpha value is -2.59. The lowest BCUT2D eigenvalue weighted by Crippen LogP contribution is -2.29. The maximum Gasteiger partial charge on any atom is 0.472 e. The third-order valence-corrected chi connectivity index (χ3v) is 7.42. The van der Waals surface area contributed by atoms with Crippen molar-refractivity contribution < 1.29 is 47.8 Å². The molecule has 0 aromatic carbocycles. The van der Waals surface area contributed by atoms with Crippen LogP contribution in [0.1, 0.15) is 104 Å². The molecule has 3 N–H and O–H groups in total. The summed E-state index contributed by atoms with van der Waals surface area (Å²) in [7, 11) is -4.63. The summed E-state index contributed by atoms with van der Waals surface area (Å²) in [6.07, 6.45) is 33.2. The Labute approximate surface area is 282 Å². The molecule has 0 aromatic rings. The average molecular weight is 683 g/mol. The van der Waals surface area contributed by atoms with Crippen molar-refractivity contribution in [3.8, 4) is 0 Å². The van der Waals surface area contributed by atoms with Gasteiger partial charge >= 0.3 is 19.8 Å². The van der Waals surface area contributed by atoms with E-state index in [9.17, 15) is 24.2 Å². The molecule has 2 unspecified atom stereocenters. The number of hydrogen-bond donors (Lipinski definition) is 3. The Morgan fingerprint density at radius 2 is 1.21 bits per heavy atom. The quantitative estimate of drug-likeness (QED) is 0.0226. The Bertz CT molecular complexity index is 1020. The number of allylic oxidation sites excluding steroid dienone is 12. The van der Waals surface area contributed by atoms with Crippen LogP contribution < -0.4 is 0 Å². The summed E-state index contributed by atoms with van der Waals surface area (Å²) in [6, 6.07) is 0. The molecule has 0 rings (SSSR count). The van der Waals surface area contributed by atoms with Crippen LogP contribution in [0.5, 0.6) is 0 Å². The van der Waals surface area contributed by atoms with Crippen LogP contribution >= 0.6 is 7.82 Å². The van der Waals surface area contributed by atoms with Crippen LogP contribution in [0.2, 0.25) is 0 Å². The number of carbonyl (C=O) groups is 2. The summed E-state index contributed by atoms with van der Waals surface area (Å²) < 4.78 is 32.3. The lowest BCUT2D eigenvalue weighted by Gasteiger charge is -2.20. The normalized spacial score (nSPS) is 15.1. The molecule has 3 atom stereocenters. The molecule has 0 aliphatic rings. The van der Waals surface area contributed by atoms with E-state index < -0.39 is 51.8 Å². The summed E-state index contributed by atoms with van der Waals surface area (Å²) in [5.74, 6) is -1.04. The Balaban J connectivity index is 4.61. The molecule has 0 aliphatic carbocycles. The molecule has 268 valence electrons. The third-order valence-electron chi connectivity index (χ3n) is 6.47. The zero-order valence-corrected chi connectivity index (χ0v) is 29.4. The van der Waals surface area contributed by atoms with E-state index >= 15 is 0 Å². The van der Waals surface area contributed by atoms with E-state index in [2.05, 4.69) is 36.6 Å². The van der Waals surface area contributed by atoms with E-state index in [1.165, 1.54) is 12.8 Å². The van der Waals surface area contributed by atoms with Gasteiger partial charge in [-0.25, -0.2) is 4.57 Å². The molecule has 11 heteroatoms. The highest BCUT2D eigenvalue weighted by Gasteiger charge is 2.27. The van der Waals surface area contributed by atoms with Crippen molar-refractivity contribution >= 4 is 19.8 Å². The van der Waals surface area contributed by atoms with Crippen molar-refractivity contribution in [2.75, 3.05) is 26.4 Å². The van der Waals surface area contributed by atoms with Gasteiger partial charge in [-0.2, -0.15) is 0 Å². The van der Waals surface area contributed by atoms with Crippen LogP contribution in [0.3, 0.4) is 0 Å². The van der Waals surface area contributed by atoms with Gasteiger partial charge in [0.15, 0.2) is 6.10 Å². The predicted molar refractivity (Wildman–Crippen MR) is 186 cm³/mol. The van der Waals surface area contributed by atoms with Gasteiger partial charge in [0.05, 0.1) is 19.8 Å². The number of phosphoric ester groups is 1. The fourth-order valence-electron chi connectivity index (χ4n) is 3.82. The Morgan fingerprint density at radius 3 is 1.87 bits per heavy atom. The lowest BCUT2D eigenvalue weighted by atomic mass is 10.1. The first-order valence-electron chi connectivity index (χ1n) is 17.0. The number of hydrogen-bond acceptors (Lipinski definition) is 9. The maximum absolute atomic E-state index is 12.5. The van der Waals surface area contributed by atoms with Crippen LogP contribution in [0.4, 0.5) is 0 Å². The largest absolute Gasteiger partial charge is 0.472 e. The maximum atomic E-state index is 12.5. The molecule has 0 radical (unpaired) electrons. The van der Waals surface area contributed by atoms with E-state index in [0.717, 1.165) is 44.9 Å². The number of ether oxygens (including phenoxy) is 2. The van der Waals surface area contributed by atoms with Gasteiger partial charge in [-0.3, -0.25) is 18.6 Å². The lowest BCUT2D eigenvalue weighted by molar-refractivity contribution is -0.161. The highest BCUT2D eigenvalue weighted by Crippen LogP contribution is 2.43. The van der Waals surface area contributed by atoms with Gasteiger partial charge in [-0.1, -0.05) is 119 Å². The van der Waals surface area contributed by atoms with Gasteiger partial charge in [0.25, 0.3) is 0 Å². The number of carbonyl (C=O) groups excluding carboxylic acids is 2. The highest BCUT2D eigenvalue weighted by molar-refractivity contribution is 7.47. The molecule has 0 saturated carbocycles. The van der Waals surface area contributed by atoms with Crippen molar-refractivity contribution in [3.05, 3.63) is 72.9 Å². The fraction of sp³-hybridized carbons (Fsp3) is 0.611. The minimum Gasteiger partial charge on any atom is -0.462 e. The molecular weight excluding hydrogens is 623 g/mol. The first-order chi connectivity index (χ1) is 22.7. The van der Waals surface area contributed by atoms with E-state index in [4.69, 9.17) is 19.1 Å². The number of phosphoric acid groups is 1. The van der Waals surface area contributed by atoms with Crippen LogP contribution in [0.25, 0.3) is 0 Å². The van der Waals surface area contributed by atoms with E-state index in [1.807, 2.05) is 54.7 Å². The van der Waals surface area contributed by atoms with Gasteiger partial charge in [-0.15, -0.1) is 0 Å². The molecular formula is C36H59O10P. The molecule has 0 amide bonds. The van der Waals surface area contributed by atoms with Crippen molar-refractivity contribution in [1.82, 2.24) is 0 Å². The zero-order chi connectivity index (χ0) is 34.9. The van der Waals surface area contributed by atoms with Crippen molar-refractivity contribution in [1.29, 1.82) is 0 Å². The topological polar surface area (TPSA) is 149 Å². The summed E-state index contributed by atoms with van der Waals surface area (Å²) >= 11 is 0. The van der Waals surface area contributed by atoms with Gasteiger partial charge in [-0.05, 0) is 44.9 Å². The molecule has 47 heavy (non-hydrogen) atoms. The monoisotopic (exact) mass is 682 g/mol. The van der Waals surface area contributed by atoms with Gasteiger partial charge < -0.3 is 24.6 Å². The van der Waals surface area contributed by atoms with Crippen LogP contribution in [0.15, 0.2) is 72.9 Å². The molecule has 10 nitrogen and oxygen atoms in total. The second kappa shape index (κ2) is 32.0. The molecule has 0 aliphatic heterocycles. The summed E-state index contributed by atoms with van der Waals surface area (Å²) in [4.78, 5) is 34.6. The second-order valence-electron chi connectivity index (χ2n) is 10.9. The zero-order valence-electron chi connectivity index (χ0n) is 28.5. The Kier molecular flexibility index (Phi) is 30.2. The van der Waals surface area contributed by atoms with Crippen LogP contribution in [-0.2, 0) is 32.7 Å². The average Bonchev–Trinajstić information content (AvgIpc) is 3.05. The molecule has 0 heterocycles. The highest BCUT2D eigenvalue weighted by atomic mass is 31.2. The van der Waals surface area contributed by atoms with Crippen LogP contribution in [0, 0.1) is 0 Å².